The van der Waals surface area contributed by atoms with Crippen LogP contribution >= 0.6 is 0 Å². The van der Waals surface area contributed by atoms with Crippen molar-refractivity contribution in [3.05, 3.63) is 24.2 Å². The molecule has 0 saturated heterocycles. The van der Waals surface area contributed by atoms with E-state index in [1.54, 1.807) is 6.26 Å². The number of rotatable bonds is 5. The molecule has 0 fully saturated rings. The first-order valence-corrected chi connectivity index (χ1v) is 4.62. The van der Waals surface area contributed by atoms with Crippen molar-refractivity contribution in [3.63, 3.8) is 0 Å². The minimum atomic E-state index is 0.359. The topological polar surface area (TPSA) is 42.4 Å². The van der Waals surface area contributed by atoms with Crippen LogP contribution in [0.1, 0.15) is 18.1 Å². The molecular weight excluding hydrogens is 164 g/mol. The third-order valence-electron chi connectivity index (χ3n) is 2.15. The maximum atomic E-state index is 5.67. The summed E-state index contributed by atoms with van der Waals surface area (Å²) in [5.74, 6) is 1.36. The first-order valence-electron chi connectivity index (χ1n) is 4.62. The van der Waals surface area contributed by atoms with E-state index < -0.39 is 0 Å². The lowest BCUT2D eigenvalue weighted by molar-refractivity contribution is 0.361. The number of nitrogens with two attached hydrogens (primary N) is 1. The lowest BCUT2D eigenvalue weighted by Gasteiger charge is -2.15. The molecule has 3 heteroatoms. The molecule has 3 nitrogen and oxygen atoms in total. The predicted molar refractivity (Wildman–Crippen MR) is 53.7 cm³/mol. The first kappa shape index (κ1) is 10.3. The fourth-order valence-electron chi connectivity index (χ4n) is 1.31. The third kappa shape index (κ3) is 3.20. The smallest absolute Gasteiger partial charge is 0.108 e. The number of nitrogens with zero attached hydrogens (tertiary/aromatic N) is 1. The van der Waals surface area contributed by atoms with Gasteiger partial charge in [0.2, 0.25) is 0 Å². The second-order valence-corrected chi connectivity index (χ2v) is 3.54. The largest absolute Gasteiger partial charge is 0.469 e. The van der Waals surface area contributed by atoms with Crippen LogP contribution in [0.2, 0.25) is 0 Å². The van der Waals surface area contributed by atoms with Gasteiger partial charge in [0.25, 0.3) is 0 Å². The van der Waals surface area contributed by atoms with Crippen molar-refractivity contribution >= 4 is 0 Å². The summed E-state index contributed by atoms with van der Waals surface area (Å²) in [5.41, 5.74) is 5.67. The Kier molecular flexibility index (Phi) is 3.99. The molecule has 1 rings (SSSR count). The number of furan rings is 1. The van der Waals surface area contributed by atoms with Gasteiger partial charge in [-0.25, -0.2) is 0 Å². The van der Waals surface area contributed by atoms with Gasteiger partial charge >= 0.3 is 0 Å². The minimum Gasteiger partial charge on any atom is -0.469 e. The highest BCUT2D eigenvalue weighted by Gasteiger charge is 2.11. The quantitative estimate of drug-likeness (QED) is 0.745. The zero-order chi connectivity index (χ0) is 9.68. The highest BCUT2D eigenvalue weighted by molar-refractivity contribution is 5.05. The maximum Gasteiger partial charge on any atom is 0.108 e. The van der Waals surface area contributed by atoms with Crippen molar-refractivity contribution in [2.24, 2.45) is 5.73 Å². The molecule has 1 aromatic heterocycles. The summed E-state index contributed by atoms with van der Waals surface area (Å²) in [7, 11) is 4.13. The molecule has 74 valence electrons. The normalized spacial score (nSPS) is 13.5. The Labute approximate surface area is 79.5 Å². The van der Waals surface area contributed by atoms with Gasteiger partial charge in [-0.3, -0.25) is 0 Å². The van der Waals surface area contributed by atoms with Crippen molar-refractivity contribution in [2.45, 2.75) is 12.3 Å². The predicted octanol–water partition coefficient (Wildman–Crippen LogP) is 1.27. The highest BCUT2D eigenvalue weighted by atomic mass is 16.3. The molecule has 0 aliphatic rings. The summed E-state index contributed by atoms with van der Waals surface area (Å²) in [6.45, 7) is 1.70. The van der Waals surface area contributed by atoms with E-state index in [4.69, 9.17) is 10.2 Å². The van der Waals surface area contributed by atoms with Crippen molar-refractivity contribution in [1.29, 1.82) is 0 Å². The van der Waals surface area contributed by atoms with Crippen LogP contribution in [0.5, 0.6) is 0 Å². The van der Waals surface area contributed by atoms with E-state index in [0.29, 0.717) is 12.5 Å². The van der Waals surface area contributed by atoms with Crippen molar-refractivity contribution < 1.29 is 4.42 Å². The summed E-state index contributed by atoms with van der Waals surface area (Å²) >= 11 is 0. The standard InChI is InChI=1S/C10H18N2O/c1-12(2)6-5-9(8-11)10-4-3-7-13-10/h3-4,7,9H,5-6,8,11H2,1-2H3. The van der Waals surface area contributed by atoms with E-state index in [9.17, 15) is 0 Å². The zero-order valence-electron chi connectivity index (χ0n) is 8.36. The zero-order valence-corrected chi connectivity index (χ0v) is 8.36. The Balaban J connectivity index is 2.44. The molecule has 2 N–H and O–H groups in total. The molecule has 0 bridgehead atoms. The van der Waals surface area contributed by atoms with Gasteiger partial charge < -0.3 is 15.1 Å². The van der Waals surface area contributed by atoms with E-state index in [2.05, 4.69) is 19.0 Å². The molecule has 1 aromatic rings. The van der Waals surface area contributed by atoms with Crippen molar-refractivity contribution in [2.75, 3.05) is 27.2 Å². The molecule has 13 heavy (non-hydrogen) atoms. The van der Waals surface area contributed by atoms with Crippen molar-refractivity contribution in [3.8, 4) is 0 Å². The maximum absolute atomic E-state index is 5.67. The number of hydrogen-bond donors (Lipinski definition) is 1. The van der Waals surface area contributed by atoms with Crippen LogP contribution in [0.25, 0.3) is 0 Å². The molecule has 0 spiro atoms. The van der Waals surface area contributed by atoms with Crippen LogP contribution in [0.3, 0.4) is 0 Å². The Bertz CT molecular complexity index is 219. The van der Waals surface area contributed by atoms with Gasteiger partial charge in [-0.2, -0.15) is 0 Å². The van der Waals surface area contributed by atoms with Crippen LogP contribution in [0.15, 0.2) is 22.8 Å². The van der Waals surface area contributed by atoms with Crippen LogP contribution in [-0.2, 0) is 0 Å². The molecule has 1 heterocycles. The van der Waals surface area contributed by atoms with E-state index in [1.165, 1.54) is 0 Å². The average Bonchev–Trinajstić information content (AvgIpc) is 2.58. The number of hydrogen-bond acceptors (Lipinski definition) is 3. The highest BCUT2D eigenvalue weighted by Crippen LogP contribution is 2.18. The van der Waals surface area contributed by atoms with E-state index >= 15 is 0 Å². The van der Waals surface area contributed by atoms with Gasteiger partial charge in [-0.1, -0.05) is 0 Å². The summed E-state index contributed by atoms with van der Waals surface area (Å²) in [5, 5.41) is 0. The molecule has 0 amide bonds. The van der Waals surface area contributed by atoms with E-state index in [-0.39, 0.29) is 0 Å². The van der Waals surface area contributed by atoms with Crippen LogP contribution < -0.4 is 5.73 Å². The molecule has 0 aliphatic carbocycles. The van der Waals surface area contributed by atoms with Crippen molar-refractivity contribution in [1.82, 2.24) is 4.90 Å². The Morgan fingerprint density at radius 1 is 1.54 bits per heavy atom. The molecule has 0 radical (unpaired) electrons. The summed E-state index contributed by atoms with van der Waals surface area (Å²) in [6.07, 6.45) is 2.75. The van der Waals surface area contributed by atoms with Crippen LogP contribution in [-0.4, -0.2) is 32.1 Å². The fraction of sp³-hybridized carbons (Fsp3) is 0.600. The molecule has 1 atom stereocenters. The van der Waals surface area contributed by atoms with Gasteiger partial charge in [0, 0.05) is 12.5 Å². The Morgan fingerprint density at radius 3 is 2.77 bits per heavy atom. The minimum absolute atomic E-state index is 0.359. The summed E-state index contributed by atoms with van der Waals surface area (Å²) in [4.78, 5) is 2.16. The first-order chi connectivity index (χ1) is 6.24. The second kappa shape index (κ2) is 5.04. The van der Waals surface area contributed by atoms with Crippen LogP contribution in [0, 0.1) is 0 Å². The van der Waals surface area contributed by atoms with Gasteiger partial charge in [0.05, 0.1) is 6.26 Å². The molecular formula is C10H18N2O. The van der Waals surface area contributed by atoms with E-state index in [0.717, 1.165) is 18.7 Å². The lowest BCUT2D eigenvalue weighted by Crippen LogP contribution is -2.20. The van der Waals surface area contributed by atoms with Crippen LogP contribution in [0.4, 0.5) is 0 Å². The summed E-state index contributed by atoms with van der Waals surface area (Å²) < 4.78 is 5.32. The summed E-state index contributed by atoms with van der Waals surface area (Å²) in [6, 6.07) is 3.90. The van der Waals surface area contributed by atoms with E-state index in [1.807, 2.05) is 12.1 Å². The molecule has 0 aromatic carbocycles. The SMILES string of the molecule is CN(C)CCC(CN)c1ccco1. The molecule has 0 aliphatic heterocycles. The molecule has 0 saturated carbocycles. The van der Waals surface area contributed by atoms with Gasteiger partial charge in [-0.15, -0.1) is 0 Å². The Morgan fingerprint density at radius 2 is 2.31 bits per heavy atom. The van der Waals surface area contributed by atoms with Gasteiger partial charge in [0.1, 0.15) is 5.76 Å². The fourth-order valence-corrected chi connectivity index (χ4v) is 1.31. The third-order valence-corrected chi connectivity index (χ3v) is 2.15. The average molecular weight is 182 g/mol. The monoisotopic (exact) mass is 182 g/mol. The van der Waals surface area contributed by atoms with Gasteiger partial charge in [-0.05, 0) is 39.2 Å². The lowest BCUT2D eigenvalue weighted by atomic mass is 10.0. The molecule has 1 unspecified atom stereocenters. The van der Waals surface area contributed by atoms with Gasteiger partial charge in [0.15, 0.2) is 0 Å². The second-order valence-electron chi connectivity index (χ2n) is 3.54. The Hall–Kier alpha value is -0.800.